The highest BCUT2D eigenvalue weighted by atomic mass is 35.5. The summed E-state index contributed by atoms with van der Waals surface area (Å²) >= 11 is 12.0. The van der Waals surface area contributed by atoms with Gasteiger partial charge >= 0.3 is 0 Å². The highest BCUT2D eigenvalue weighted by molar-refractivity contribution is 7.89. The standard InChI is InChI=1S/C13H13Cl2NO3S/c14-8-2-3-9(12(15)6-8)10-7-11(10)13(17)16-4-1-5-20(16,18)19/h2-3,6,10-11H,1,4-5,7H2/t10-,11+/m0/s1. The van der Waals surface area contributed by atoms with Crippen molar-refractivity contribution in [3.05, 3.63) is 33.8 Å². The number of amides is 1. The van der Waals surface area contributed by atoms with E-state index < -0.39 is 10.0 Å². The second kappa shape index (κ2) is 4.90. The van der Waals surface area contributed by atoms with Crippen LogP contribution in [-0.2, 0) is 14.8 Å². The van der Waals surface area contributed by atoms with Crippen molar-refractivity contribution in [3.63, 3.8) is 0 Å². The number of carbonyl (C=O) groups is 1. The molecule has 1 amide bonds. The minimum absolute atomic E-state index is 0.00284. The molecule has 0 spiro atoms. The molecule has 2 aliphatic rings. The third-order valence-electron chi connectivity index (χ3n) is 3.81. The molecule has 4 nitrogen and oxygen atoms in total. The van der Waals surface area contributed by atoms with Crippen LogP contribution in [0, 0.1) is 5.92 Å². The first-order valence-corrected chi connectivity index (χ1v) is 8.76. The molecule has 20 heavy (non-hydrogen) atoms. The monoisotopic (exact) mass is 333 g/mol. The molecule has 1 aliphatic heterocycles. The van der Waals surface area contributed by atoms with Crippen LogP contribution in [-0.4, -0.2) is 30.9 Å². The Balaban J connectivity index is 1.77. The Hall–Kier alpha value is -0.780. The summed E-state index contributed by atoms with van der Waals surface area (Å²) in [6.45, 7) is 0.304. The lowest BCUT2D eigenvalue weighted by molar-refractivity contribution is -0.127. The van der Waals surface area contributed by atoms with E-state index in [1.54, 1.807) is 18.2 Å². The van der Waals surface area contributed by atoms with E-state index >= 15 is 0 Å². The van der Waals surface area contributed by atoms with Gasteiger partial charge in [0.25, 0.3) is 0 Å². The average molecular weight is 334 g/mol. The Morgan fingerprint density at radius 2 is 2.05 bits per heavy atom. The van der Waals surface area contributed by atoms with Crippen LogP contribution in [0.2, 0.25) is 10.0 Å². The fraction of sp³-hybridized carbons (Fsp3) is 0.462. The number of carbonyl (C=O) groups excluding carboxylic acids is 1. The predicted molar refractivity (Wildman–Crippen MR) is 77.4 cm³/mol. The Morgan fingerprint density at radius 3 is 2.65 bits per heavy atom. The van der Waals surface area contributed by atoms with Crippen LogP contribution < -0.4 is 0 Å². The molecular formula is C13H13Cl2NO3S. The quantitative estimate of drug-likeness (QED) is 0.836. The Labute approximate surface area is 127 Å². The molecule has 1 saturated heterocycles. The van der Waals surface area contributed by atoms with Crippen molar-refractivity contribution in [1.29, 1.82) is 0 Å². The fourth-order valence-corrected chi connectivity index (χ4v) is 4.77. The first-order valence-electron chi connectivity index (χ1n) is 6.39. The molecule has 0 aromatic heterocycles. The highest BCUT2D eigenvalue weighted by Crippen LogP contribution is 2.51. The van der Waals surface area contributed by atoms with E-state index in [2.05, 4.69) is 0 Å². The third kappa shape index (κ3) is 2.43. The minimum Gasteiger partial charge on any atom is -0.273 e. The van der Waals surface area contributed by atoms with Gasteiger partial charge in [-0.15, -0.1) is 0 Å². The lowest BCUT2D eigenvalue weighted by atomic mass is 10.1. The van der Waals surface area contributed by atoms with Gasteiger partial charge in [-0.1, -0.05) is 29.3 Å². The van der Waals surface area contributed by atoms with E-state index in [-0.39, 0.29) is 23.5 Å². The summed E-state index contributed by atoms with van der Waals surface area (Å²) in [5.41, 5.74) is 0.867. The highest BCUT2D eigenvalue weighted by Gasteiger charge is 2.49. The molecule has 0 bridgehead atoms. The van der Waals surface area contributed by atoms with E-state index in [1.165, 1.54) is 0 Å². The van der Waals surface area contributed by atoms with Crippen molar-refractivity contribution in [1.82, 2.24) is 4.31 Å². The summed E-state index contributed by atoms with van der Waals surface area (Å²) < 4.78 is 24.5. The van der Waals surface area contributed by atoms with Gasteiger partial charge in [-0.25, -0.2) is 12.7 Å². The van der Waals surface area contributed by atoms with Gasteiger partial charge in [-0.05, 0) is 36.5 Å². The van der Waals surface area contributed by atoms with Crippen LogP contribution in [0.4, 0.5) is 0 Å². The van der Waals surface area contributed by atoms with Crippen molar-refractivity contribution in [3.8, 4) is 0 Å². The molecule has 108 valence electrons. The van der Waals surface area contributed by atoms with Gasteiger partial charge in [0.05, 0.1) is 5.75 Å². The fourth-order valence-electron chi connectivity index (χ4n) is 2.69. The number of nitrogens with zero attached hydrogens (tertiary/aromatic N) is 1. The molecule has 3 rings (SSSR count). The molecule has 1 aromatic carbocycles. The van der Waals surface area contributed by atoms with Crippen molar-refractivity contribution in [2.75, 3.05) is 12.3 Å². The zero-order valence-electron chi connectivity index (χ0n) is 10.6. The van der Waals surface area contributed by atoms with Gasteiger partial charge in [0.15, 0.2) is 0 Å². The number of rotatable bonds is 2. The number of benzene rings is 1. The smallest absolute Gasteiger partial charge is 0.239 e. The molecule has 7 heteroatoms. The number of halogens is 2. The van der Waals surface area contributed by atoms with E-state index in [0.29, 0.717) is 29.4 Å². The van der Waals surface area contributed by atoms with Gasteiger partial charge < -0.3 is 0 Å². The zero-order valence-corrected chi connectivity index (χ0v) is 12.9. The summed E-state index contributed by atoms with van der Waals surface area (Å²) in [6.07, 6.45) is 1.17. The van der Waals surface area contributed by atoms with Crippen LogP contribution >= 0.6 is 23.2 Å². The Bertz CT molecular complexity index is 674. The summed E-state index contributed by atoms with van der Waals surface area (Å²) in [6, 6.07) is 5.18. The SMILES string of the molecule is O=C([C@@H]1C[C@H]1c1ccc(Cl)cc1Cl)N1CCCS1(=O)=O. The Morgan fingerprint density at radius 1 is 1.30 bits per heavy atom. The average Bonchev–Trinajstić information content (AvgIpc) is 3.06. The van der Waals surface area contributed by atoms with Gasteiger partial charge in [0, 0.05) is 22.5 Å². The molecule has 1 saturated carbocycles. The number of hydrogen-bond acceptors (Lipinski definition) is 3. The molecule has 0 radical (unpaired) electrons. The van der Waals surface area contributed by atoms with E-state index in [9.17, 15) is 13.2 Å². The molecular weight excluding hydrogens is 321 g/mol. The molecule has 2 fully saturated rings. The van der Waals surface area contributed by atoms with Crippen LogP contribution in [0.15, 0.2) is 18.2 Å². The second-order valence-electron chi connectivity index (χ2n) is 5.19. The summed E-state index contributed by atoms with van der Waals surface area (Å²) in [5.74, 6) is -0.499. The maximum atomic E-state index is 12.3. The maximum Gasteiger partial charge on any atom is 0.239 e. The van der Waals surface area contributed by atoms with Gasteiger partial charge in [-0.3, -0.25) is 4.79 Å². The van der Waals surface area contributed by atoms with Gasteiger partial charge in [-0.2, -0.15) is 0 Å². The second-order valence-corrected chi connectivity index (χ2v) is 8.05. The molecule has 2 atom stereocenters. The predicted octanol–water partition coefficient (Wildman–Crippen LogP) is 2.66. The van der Waals surface area contributed by atoms with E-state index in [4.69, 9.17) is 23.2 Å². The number of hydrogen-bond donors (Lipinski definition) is 0. The molecule has 0 unspecified atom stereocenters. The largest absolute Gasteiger partial charge is 0.273 e. The van der Waals surface area contributed by atoms with E-state index in [1.807, 2.05) is 0 Å². The molecule has 1 heterocycles. The van der Waals surface area contributed by atoms with Crippen molar-refractivity contribution >= 4 is 39.1 Å². The topological polar surface area (TPSA) is 54.5 Å². The summed E-state index contributed by atoms with van der Waals surface area (Å²) in [5, 5.41) is 1.08. The van der Waals surface area contributed by atoms with Crippen LogP contribution in [0.5, 0.6) is 0 Å². The first kappa shape index (κ1) is 14.2. The van der Waals surface area contributed by atoms with Crippen molar-refractivity contribution in [2.45, 2.75) is 18.8 Å². The maximum absolute atomic E-state index is 12.3. The number of sulfonamides is 1. The van der Waals surface area contributed by atoms with Gasteiger partial charge in [0.1, 0.15) is 0 Å². The normalized spacial score (nSPS) is 27.6. The van der Waals surface area contributed by atoms with Crippen LogP contribution in [0.3, 0.4) is 0 Å². The van der Waals surface area contributed by atoms with Crippen molar-refractivity contribution < 1.29 is 13.2 Å². The molecule has 0 N–H and O–H groups in total. The third-order valence-corrected chi connectivity index (χ3v) is 6.22. The van der Waals surface area contributed by atoms with Crippen LogP contribution in [0.25, 0.3) is 0 Å². The first-order chi connectivity index (χ1) is 9.40. The lowest BCUT2D eigenvalue weighted by Crippen LogP contribution is -2.34. The minimum atomic E-state index is -3.38. The Kier molecular flexibility index (Phi) is 3.47. The van der Waals surface area contributed by atoms with Gasteiger partial charge in [0.2, 0.25) is 15.9 Å². The lowest BCUT2D eigenvalue weighted by Gasteiger charge is -2.14. The van der Waals surface area contributed by atoms with E-state index in [0.717, 1.165) is 9.87 Å². The van der Waals surface area contributed by atoms with Crippen molar-refractivity contribution in [2.24, 2.45) is 5.92 Å². The zero-order chi connectivity index (χ0) is 14.5. The van der Waals surface area contributed by atoms with Crippen LogP contribution in [0.1, 0.15) is 24.3 Å². The summed E-state index contributed by atoms with van der Waals surface area (Å²) in [4.78, 5) is 12.3. The molecule has 1 aromatic rings. The summed E-state index contributed by atoms with van der Waals surface area (Å²) in [7, 11) is -3.38. The molecule has 1 aliphatic carbocycles.